The van der Waals surface area contributed by atoms with Crippen LogP contribution in [0, 0.1) is 5.92 Å². The first kappa shape index (κ1) is 17.0. The first-order valence-electron chi connectivity index (χ1n) is 8.94. The maximum Gasteiger partial charge on any atom is 0.119 e. The zero-order valence-electron chi connectivity index (χ0n) is 14.5. The fourth-order valence-corrected chi connectivity index (χ4v) is 3.33. The Bertz CT molecular complexity index is 601. The van der Waals surface area contributed by atoms with Gasteiger partial charge in [0.2, 0.25) is 0 Å². The van der Waals surface area contributed by atoms with Crippen LogP contribution in [-0.4, -0.2) is 24.0 Å². The van der Waals surface area contributed by atoms with Gasteiger partial charge in [0.25, 0.3) is 0 Å². The molecule has 2 N–H and O–H groups in total. The molecule has 128 valence electrons. The van der Waals surface area contributed by atoms with Crippen LogP contribution in [-0.2, 0) is 13.2 Å². The highest BCUT2D eigenvalue weighted by molar-refractivity contribution is 5.27. The van der Waals surface area contributed by atoms with Gasteiger partial charge in [-0.1, -0.05) is 42.5 Å². The molecule has 0 bridgehead atoms. The third-order valence-electron chi connectivity index (χ3n) is 4.95. The van der Waals surface area contributed by atoms with Crippen molar-refractivity contribution < 1.29 is 4.74 Å². The molecule has 2 aromatic carbocycles. The van der Waals surface area contributed by atoms with Crippen LogP contribution in [0.4, 0.5) is 0 Å². The van der Waals surface area contributed by atoms with Gasteiger partial charge in [-0.3, -0.25) is 4.90 Å². The average molecular weight is 324 g/mol. The maximum absolute atomic E-state index is 6.02. The molecule has 0 amide bonds. The molecule has 1 fully saturated rings. The summed E-state index contributed by atoms with van der Waals surface area (Å²) < 4.78 is 5.85. The zero-order chi connectivity index (χ0) is 16.8. The van der Waals surface area contributed by atoms with Crippen molar-refractivity contribution in [1.82, 2.24) is 4.90 Å². The molecule has 1 unspecified atom stereocenters. The molecule has 0 radical (unpaired) electrons. The lowest BCUT2D eigenvalue weighted by atomic mass is 9.91. The summed E-state index contributed by atoms with van der Waals surface area (Å²) in [4.78, 5) is 2.53. The van der Waals surface area contributed by atoms with E-state index in [1.807, 2.05) is 18.2 Å². The van der Waals surface area contributed by atoms with Gasteiger partial charge in [0.1, 0.15) is 12.4 Å². The van der Waals surface area contributed by atoms with Crippen molar-refractivity contribution in [3.05, 3.63) is 65.7 Å². The van der Waals surface area contributed by atoms with Crippen LogP contribution in [0.2, 0.25) is 0 Å². The molecule has 2 aromatic rings. The Morgan fingerprint density at radius 1 is 1.00 bits per heavy atom. The van der Waals surface area contributed by atoms with Crippen molar-refractivity contribution in [3.63, 3.8) is 0 Å². The van der Waals surface area contributed by atoms with Crippen LogP contribution in [0.1, 0.15) is 30.9 Å². The Morgan fingerprint density at radius 3 is 2.29 bits per heavy atom. The Labute approximate surface area is 145 Å². The molecule has 3 heteroatoms. The summed E-state index contributed by atoms with van der Waals surface area (Å²) in [6.45, 7) is 6.07. The Morgan fingerprint density at radius 2 is 1.67 bits per heavy atom. The van der Waals surface area contributed by atoms with Crippen molar-refractivity contribution in [2.45, 2.75) is 39.0 Å². The number of hydrogen-bond donors (Lipinski definition) is 1. The van der Waals surface area contributed by atoms with Crippen LogP contribution in [0.5, 0.6) is 5.75 Å². The van der Waals surface area contributed by atoms with E-state index in [4.69, 9.17) is 10.5 Å². The topological polar surface area (TPSA) is 38.5 Å². The Hall–Kier alpha value is -1.84. The first-order chi connectivity index (χ1) is 11.7. The monoisotopic (exact) mass is 324 g/mol. The second-order valence-corrected chi connectivity index (χ2v) is 6.89. The second-order valence-electron chi connectivity index (χ2n) is 6.89. The quantitative estimate of drug-likeness (QED) is 0.878. The smallest absolute Gasteiger partial charge is 0.119 e. The van der Waals surface area contributed by atoms with E-state index in [-0.39, 0.29) is 0 Å². The number of likely N-dealkylation sites (tertiary alicyclic amines) is 1. The fourth-order valence-electron chi connectivity index (χ4n) is 3.33. The summed E-state index contributed by atoms with van der Waals surface area (Å²) in [7, 11) is 0. The summed E-state index contributed by atoms with van der Waals surface area (Å²) in [6, 6.07) is 19.1. The summed E-state index contributed by atoms with van der Waals surface area (Å²) >= 11 is 0. The van der Waals surface area contributed by atoms with E-state index >= 15 is 0 Å². The largest absolute Gasteiger partial charge is 0.489 e. The van der Waals surface area contributed by atoms with Gasteiger partial charge in [-0.25, -0.2) is 0 Å². The van der Waals surface area contributed by atoms with Crippen LogP contribution in [0.25, 0.3) is 0 Å². The predicted octanol–water partition coefficient (Wildman–Crippen LogP) is 3.82. The SMILES string of the molecule is CC(N)C1CCN(Cc2ccc(OCc3ccccc3)cc2)CC1. The van der Waals surface area contributed by atoms with Crippen molar-refractivity contribution in [2.75, 3.05) is 13.1 Å². The van der Waals surface area contributed by atoms with E-state index in [1.165, 1.54) is 24.0 Å². The summed E-state index contributed by atoms with van der Waals surface area (Å²) in [5.74, 6) is 1.62. The van der Waals surface area contributed by atoms with Gasteiger partial charge in [0, 0.05) is 12.6 Å². The number of rotatable bonds is 6. The van der Waals surface area contributed by atoms with Crippen molar-refractivity contribution >= 4 is 0 Å². The highest BCUT2D eigenvalue weighted by atomic mass is 16.5. The average Bonchev–Trinajstić information content (AvgIpc) is 2.62. The Balaban J connectivity index is 1.46. The van der Waals surface area contributed by atoms with Gasteiger partial charge < -0.3 is 10.5 Å². The molecule has 1 atom stereocenters. The van der Waals surface area contributed by atoms with Crippen LogP contribution in [0.3, 0.4) is 0 Å². The van der Waals surface area contributed by atoms with E-state index in [2.05, 4.69) is 48.2 Å². The number of piperidine rings is 1. The van der Waals surface area contributed by atoms with Crippen molar-refractivity contribution in [3.8, 4) is 5.75 Å². The number of hydrogen-bond acceptors (Lipinski definition) is 3. The van der Waals surface area contributed by atoms with Crippen LogP contribution in [0.15, 0.2) is 54.6 Å². The van der Waals surface area contributed by atoms with E-state index < -0.39 is 0 Å². The van der Waals surface area contributed by atoms with Gasteiger partial charge in [-0.15, -0.1) is 0 Å². The highest BCUT2D eigenvalue weighted by Gasteiger charge is 2.21. The van der Waals surface area contributed by atoms with E-state index in [0.29, 0.717) is 18.6 Å². The molecular formula is C21H28N2O. The third kappa shape index (κ3) is 4.83. The van der Waals surface area contributed by atoms with Crippen LogP contribution >= 0.6 is 0 Å². The summed E-state index contributed by atoms with van der Waals surface area (Å²) in [6.07, 6.45) is 2.44. The highest BCUT2D eigenvalue weighted by Crippen LogP contribution is 2.22. The minimum atomic E-state index is 0.327. The Kier molecular flexibility index (Phi) is 5.89. The van der Waals surface area contributed by atoms with Gasteiger partial charge in [0.15, 0.2) is 0 Å². The number of nitrogens with two attached hydrogens (primary N) is 1. The van der Waals surface area contributed by atoms with Crippen LogP contribution < -0.4 is 10.5 Å². The van der Waals surface area contributed by atoms with E-state index in [1.54, 1.807) is 0 Å². The third-order valence-corrected chi connectivity index (χ3v) is 4.95. The van der Waals surface area contributed by atoms with Gasteiger partial charge in [0.05, 0.1) is 0 Å². The minimum Gasteiger partial charge on any atom is -0.489 e. The minimum absolute atomic E-state index is 0.327. The lowest BCUT2D eigenvalue weighted by Gasteiger charge is -2.33. The normalized spacial score (nSPS) is 17.6. The van der Waals surface area contributed by atoms with E-state index in [9.17, 15) is 0 Å². The number of benzene rings is 2. The molecule has 0 saturated carbocycles. The van der Waals surface area contributed by atoms with Crippen molar-refractivity contribution in [2.24, 2.45) is 11.7 Å². The molecule has 0 spiro atoms. The standard InChI is InChI=1S/C21H28N2O/c1-17(22)20-11-13-23(14-12-20)15-18-7-9-21(10-8-18)24-16-19-5-3-2-4-6-19/h2-10,17,20H,11-16,22H2,1H3. The molecular weight excluding hydrogens is 296 g/mol. The molecule has 3 nitrogen and oxygen atoms in total. The fraction of sp³-hybridized carbons (Fsp3) is 0.429. The molecule has 1 saturated heterocycles. The molecule has 0 aliphatic carbocycles. The predicted molar refractivity (Wildman–Crippen MR) is 98.9 cm³/mol. The summed E-state index contributed by atoms with van der Waals surface area (Å²) in [5, 5.41) is 0. The van der Waals surface area contributed by atoms with E-state index in [0.717, 1.165) is 25.4 Å². The molecule has 24 heavy (non-hydrogen) atoms. The molecule has 0 aromatic heterocycles. The number of nitrogens with zero attached hydrogens (tertiary/aromatic N) is 1. The second kappa shape index (κ2) is 8.32. The molecule has 1 heterocycles. The lowest BCUT2D eigenvalue weighted by Crippen LogP contribution is -2.39. The van der Waals surface area contributed by atoms with Gasteiger partial charge in [-0.05, 0) is 62.0 Å². The molecule has 1 aliphatic rings. The first-order valence-corrected chi connectivity index (χ1v) is 8.94. The molecule has 3 rings (SSSR count). The maximum atomic E-state index is 6.02. The molecule has 1 aliphatic heterocycles. The van der Waals surface area contributed by atoms with Gasteiger partial charge in [-0.2, -0.15) is 0 Å². The number of ether oxygens (including phenoxy) is 1. The van der Waals surface area contributed by atoms with Gasteiger partial charge >= 0.3 is 0 Å². The zero-order valence-corrected chi connectivity index (χ0v) is 14.5. The lowest BCUT2D eigenvalue weighted by molar-refractivity contribution is 0.165. The summed E-state index contributed by atoms with van der Waals surface area (Å²) in [5.41, 5.74) is 8.56. The van der Waals surface area contributed by atoms with Crippen molar-refractivity contribution in [1.29, 1.82) is 0 Å².